The van der Waals surface area contributed by atoms with Crippen molar-refractivity contribution in [2.24, 2.45) is 0 Å². The van der Waals surface area contributed by atoms with Gasteiger partial charge in [-0.3, -0.25) is 24.6 Å². The Labute approximate surface area is 219 Å². The summed E-state index contributed by atoms with van der Waals surface area (Å²) in [5.74, 6) is -1.27. The van der Waals surface area contributed by atoms with Gasteiger partial charge in [-0.05, 0) is 54.6 Å². The average molecular weight is 536 g/mol. The van der Waals surface area contributed by atoms with Crippen molar-refractivity contribution >= 4 is 61.2 Å². The number of nitrogens with zero attached hydrogens (tertiary/aromatic N) is 3. The first-order valence-electron chi connectivity index (χ1n) is 11.4. The van der Waals surface area contributed by atoms with Gasteiger partial charge in [-0.15, -0.1) is 11.3 Å². The number of carbonyl (C=O) groups excluding carboxylic acids is 2. The highest BCUT2D eigenvalue weighted by molar-refractivity contribution is 7.22. The number of anilines is 1. The van der Waals surface area contributed by atoms with Crippen LogP contribution in [0, 0.1) is 17.0 Å². The van der Waals surface area contributed by atoms with Crippen LogP contribution in [-0.4, -0.2) is 33.3 Å². The number of nitro groups is 1. The Hall–Kier alpha value is -4.09. The fourth-order valence-corrected chi connectivity index (χ4v) is 6.04. The second-order valence-corrected chi connectivity index (χ2v) is 10.4. The maximum Gasteiger partial charge on any atom is 0.301 e. The zero-order valence-corrected chi connectivity index (χ0v) is 21.5. The van der Waals surface area contributed by atoms with Gasteiger partial charge in [0.25, 0.3) is 11.5 Å². The van der Waals surface area contributed by atoms with E-state index in [1.807, 2.05) is 19.2 Å². The number of benzene rings is 2. The fraction of sp³-hybridized carbons (Fsp3) is 0.192. The molecule has 1 fully saturated rings. The van der Waals surface area contributed by atoms with Crippen LogP contribution in [0.5, 0.6) is 5.75 Å². The predicted molar refractivity (Wildman–Crippen MR) is 142 cm³/mol. The number of thiophene rings is 1. The molecule has 3 heterocycles. The Morgan fingerprint density at radius 1 is 1.22 bits per heavy atom. The third-order valence-electron chi connectivity index (χ3n) is 5.94. The van der Waals surface area contributed by atoms with Crippen LogP contribution in [0.1, 0.15) is 35.4 Å². The molecule has 4 aromatic rings. The molecule has 0 spiro atoms. The van der Waals surface area contributed by atoms with Crippen LogP contribution >= 0.6 is 22.7 Å². The fourth-order valence-electron chi connectivity index (χ4n) is 4.19. The molecule has 1 atom stereocenters. The number of aromatic nitrogens is 1. The van der Waals surface area contributed by atoms with Crippen LogP contribution in [-0.2, 0) is 9.59 Å². The van der Waals surface area contributed by atoms with Gasteiger partial charge in [-0.25, -0.2) is 4.98 Å². The number of carbonyl (C=O) groups is 2. The van der Waals surface area contributed by atoms with E-state index in [0.29, 0.717) is 33.0 Å². The van der Waals surface area contributed by atoms with Crippen molar-refractivity contribution in [1.29, 1.82) is 0 Å². The zero-order valence-electron chi connectivity index (χ0n) is 19.8. The molecule has 0 radical (unpaired) electrons. The Morgan fingerprint density at radius 3 is 2.70 bits per heavy atom. The van der Waals surface area contributed by atoms with E-state index in [9.17, 15) is 24.8 Å². The van der Waals surface area contributed by atoms with Crippen molar-refractivity contribution in [2.45, 2.75) is 26.3 Å². The van der Waals surface area contributed by atoms with Gasteiger partial charge in [0, 0.05) is 22.6 Å². The molecular formula is C26H21N3O6S2. The molecule has 1 N–H and O–H groups in total. The number of hydrogen-bond donors (Lipinski definition) is 1. The number of rotatable bonds is 7. The van der Waals surface area contributed by atoms with E-state index in [2.05, 4.69) is 4.98 Å². The minimum atomic E-state index is -0.896. The molecule has 37 heavy (non-hydrogen) atoms. The van der Waals surface area contributed by atoms with Gasteiger partial charge in [0.05, 0.1) is 27.3 Å². The van der Waals surface area contributed by atoms with E-state index in [4.69, 9.17) is 4.74 Å². The molecule has 2 aromatic heterocycles. The third kappa shape index (κ3) is 4.36. The molecule has 0 aliphatic carbocycles. The topological polar surface area (TPSA) is 123 Å². The molecule has 2 aromatic carbocycles. The lowest BCUT2D eigenvalue weighted by Crippen LogP contribution is -2.28. The van der Waals surface area contributed by atoms with Crippen LogP contribution in [0.15, 0.2) is 59.5 Å². The Balaban J connectivity index is 1.63. The zero-order chi connectivity index (χ0) is 26.3. The smallest absolute Gasteiger partial charge is 0.301 e. The molecule has 1 unspecified atom stereocenters. The number of fused-ring (bicyclic) bond motifs is 1. The predicted octanol–water partition coefficient (Wildman–Crippen LogP) is 5.99. The molecule has 1 amide bonds. The first-order chi connectivity index (χ1) is 17.8. The van der Waals surface area contributed by atoms with E-state index in [-0.39, 0.29) is 22.2 Å². The number of aliphatic hydroxyl groups excluding tert-OH is 1. The van der Waals surface area contributed by atoms with E-state index in [0.717, 1.165) is 23.3 Å². The van der Waals surface area contributed by atoms with Crippen LogP contribution in [0.2, 0.25) is 0 Å². The summed E-state index contributed by atoms with van der Waals surface area (Å²) in [5, 5.41) is 24.6. The van der Waals surface area contributed by atoms with Crippen molar-refractivity contribution < 1.29 is 24.4 Å². The van der Waals surface area contributed by atoms with Gasteiger partial charge in [0.1, 0.15) is 17.6 Å². The van der Waals surface area contributed by atoms with Crippen LogP contribution in [0.25, 0.3) is 16.0 Å². The highest BCUT2D eigenvalue weighted by atomic mass is 32.1. The molecule has 0 bridgehead atoms. The third-order valence-corrected chi connectivity index (χ3v) is 7.89. The summed E-state index contributed by atoms with van der Waals surface area (Å²) >= 11 is 2.42. The molecule has 1 saturated heterocycles. The van der Waals surface area contributed by atoms with E-state index < -0.39 is 22.7 Å². The second kappa shape index (κ2) is 9.75. The lowest BCUT2D eigenvalue weighted by atomic mass is 9.99. The van der Waals surface area contributed by atoms with Gasteiger partial charge >= 0.3 is 5.91 Å². The van der Waals surface area contributed by atoms with Gasteiger partial charge in [0.15, 0.2) is 5.13 Å². The number of ether oxygens (including phenoxy) is 1. The van der Waals surface area contributed by atoms with Gasteiger partial charge in [-0.2, -0.15) is 0 Å². The Morgan fingerprint density at radius 2 is 2.03 bits per heavy atom. The lowest BCUT2D eigenvalue weighted by Gasteiger charge is -2.21. The maximum atomic E-state index is 13.3. The summed E-state index contributed by atoms with van der Waals surface area (Å²) in [6.45, 7) is 4.41. The average Bonchev–Trinajstić information content (AvgIpc) is 3.61. The highest BCUT2D eigenvalue weighted by Gasteiger charge is 2.48. The molecule has 5 rings (SSSR count). The highest BCUT2D eigenvalue weighted by Crippen LogP contribution is 2.45. The van der Waals surface area contributed by atoms with E-state index in [1.54, 1.807) is 30.3 Å². The quantitative estimate of drug-likeness (QED) is 0.101. The van der Waals surface area contributed by atoms with Crippen molar-refractivity contribution in [3.63, 3.8) is 0 Å². The SMILES string of the molecule is CCCOc1ccc(/C(O)=C2\C(=O)C(=O)N(c3nc4ccc([N+](=O)[O-])cc4s3)C2c2cccs2)cc1C. The van der Waals surface area contributed by atoms with Gasteiger partial charge in [-0.1, -0.05) is 24.3 Å². The van der Waals surface area contributed by atoms with Crippen LogP contribution in [0.4, 0.5) is 10.8 Å². The van der Waals surface area contributed by atoms with Crippen molar-refractivity contribution in [3.05, 3.63) is 85.6 Å². The number of amides is 1. The molecule has 1 aliphatic rings. The number of thiazole rings is 1. The minimum absolute atomic E-state index is 0.0423. The normalized spacial score (nSPS) is 17.0. The molecule has 9 nitrogen and oxygen atoms in total. The Bertz CT molecular complexity index is 1570. The summed E-state index contributed by atoms with van der Waals surface area (Å²) in [5.41, 5.74) is 1.50. The summed E-state index contributed by atoms with van der Waals surface area (Å²) in [4.78, 5) is 43.8. The first-order valence-corrected chi connectivity index (χ1v) is 13.1. The number of Topliss-reactive ketones (excluding diaryl/α,β-unsaturated/α-hetero) is 1. The van der Waals surface area contributed by atoms with Crippen molar-refractivity contribution in [3.8, 4) is 5.75 Å². The molecule has 1 aliphatic heterocycles. The number of hydrogen-bond acceptors (Lipinski definition) is 9. The molecule has 11 heteroatoms. The van der Waals surface area contributed by atoms with Gasteiger partial charge in [0.2, 0.25) is 0 Å². The molecule has 0 saturated carbocycles. The lowest BCUT2D eigenvalue weighted by molar-refractivity contribution is -0.384. The number of non-ortho nitro benzene ring substituents is 1. The Kier molecular flexibility index (Phi) is 6.48. The largest absolute Gasteiger partial charge is 0.507 e. The second-order valence-electron chi connectivity index (χ2n) is 8.42. The maximum absolute atomic E-state index is 13.3. The van der Waals surface area contributed by atoms with Crippen molar-refractivity contribution in [2.75, 3.05) is 11.5 Å². The van der Waals surface area contributed by atoms with Gasteiger partial charge < -0.3 is 9.84 Å². The summed E-state index contributed by atoms with van der Waals surface area (Å²) in [6, 6.07) is 12.0. The van der Waals surface area contributed by atoms with Crippen LogP contribution in [0.3, 0.4) is 0 Å². The summed E-state index contributed by atoms with van der Waals surface area (Å²) < 4.78 is 6.23. The number of aryl methyl sites for hydroxylation is 1. The number of ketones is 1. The number of aliphatic hydroxyl groups is 1. The standard InChI is InChI=1S/C26H21N3O6S2/c1-3-10-35-18-9-6-15(12-14(18)2)23(30)21-22(19-5-4-11-36-19)28(25(32)24(21)31)26-27-17-8-7-16(29(33)34)13-20(17)37-26/h4-9,11-13,22,30H,3,10H2,1-2H3/b23-21+. The molecular weight excluding hydrogens is 514 g/mol. The molecule has 188 valence electrons. The monoisotopic (exact) mass is 535 g/mol. The van der Waals surface area contributed by atoms with E-state index in [1.165, 1.54) is 34.4 Å². The summed E-state index contributed by atoms with van der Waals surface area (Å²) in [7, 11) is 0. The first kappa shape index (κ1) is 24.6. The van der Waals surface area contributed by atoms with Crippen molar-refractivity contribution in [1.82, 2.24) is 4.98 Å². The summed E-state index contributed by atoms with van der Waals surface area (Å²) in [6.07, 6.45) is 0.852. The van der Waals surface area contributed by atoms with E-state index >= 15 is 0 Å². The minimum Gasteiger partial charge on any atom is -0.507 e. The van der Waals surface area contributed by atoms with Crippen LogP contribution < -0.4 is 9.64 Å². The number of nitro benzene ring substituents is 1.